The van der Waals surface area contributed by atoms with Crippen molar-refractivity contribution < 1.29 is 14.2 Å². The van der Waals surface area contributed by atoms with Gasteiger partial charge in [0.15, 0.2) is 11.5 Å². The number of rotatable bonds is 6. The summed E-state index contributed by atoms with van der Waals surface area (Å²) in [6, 6.07) is 11.7. The van der Waals surface area contributed by atoms with Gasteiger partial charge in [-0.2, -0.15) is 5.26 Å². The molecule has 1 saturated heterocycles. The molecule has 3 aromatic rings. The second-order valence-electron chi connectivity index (χ2n) is 8.38. The first-order chi connectivity index (χ1) is 16.1. The van der Waals surface area contributed by atoms with Gasteiger partial charge in [0.25, 0.3) is 0 Å². The van der Waals surface area contributed by atoms with Gasteiger partial charge >= 0.3 is 0 Å². The quantitative estimate of drug-likeness (QED) is 0.568. The lowest BCUT2D eigenvalue weighted by Gasteiger charge is -2.37. The average Bonchev–Trinajstić information content (AvgIpc) is 3.72. The molecule has 0 amide bonds. The number of piperazine rings is 1. The summed E-state index contributed by atoms with van der Waals surface area (Å²) in [4.78, 5) is 14.5. The molecule has 1 aliphatic heterocycles. The Morgan fingerprint density at radius 1 is 0.848 bits per heavy atom. The summed E-state index contributed by atoms with van der Waals surface area (Å²) in [5.41, 5.74) is 2.49. The molecule has 2 aliphatic rings. The van der Waals surface area contributed by atoms with Gasteiger partial charge in [0.05, 0.1) is 44.2 Å². The van der Waals surface area contributed by atoms with Crippen LogP contribution in [0.15, 0.2) is 30.3 Å². The van der Waals surface area contributed by atoms with Crippen LogP contribution < -0.4 is 24.0 Å². The van der Waals surface area contributed by atoms with Crippen LogP contribution in [-0.2, 0) is 0 Å². The molecule has 0 radical (unpaired) electrons. The third-order valence-electron chi connectivity index (χ3n) is 6.37. The summed E-state index contributed by atoms with van der Waals surface area (Å²) < 4.78 is 16.6. The zero-order valence-corrected chi connectivity index (χ0v) is 19.2. The lowest BCUT2D eigenvalue weighted by Crippen LogP contribution is -2.47. The summed E-state index contributed by atoms with van der Waals surface area (Å²) in [5.74, 6) is 4.40. The fourth-order valence-electron chi connectivity index (χ4n) is 4.39. The van der Waals surface area contributed by atoms with E-state index in [9.17, 15) is 5.26 Å². The van der Waals surface area contributed by atoms with Crippen LogP contribution in [0.3, 0.4) is 0 Å². The number of aromatic nitrogens is 2. The van der Waals surface area contributed by atoms with E-state index in [1.165, 1.54) is 0 Å². The minimum Gasteiger partial charge on any atom is -0.495 e. The maximum Gasteiger partial charge on any atom is 0.162 e. The van der Waals surface area contributed by atoms with Crippen molar-refractivity contribution >= 4 is 22.4 Å². The number of hydrogen-bond acceptors (Lipinski definition) is 8. The number of hydrogen-bond donors (Lipinski definition) is 0. The second kappa shape index (κ2) is 8.66. The first-order valence-electron chi connectivity index (χ1n) is 11.2. The molecule has 0 atom stereocenters. The highest BCUT2D eigenvalue weighted by Crippen LogP contribution is 2.42. The molecule has 2 aromatic carbocycles. The van der Waals surface area contributed by atoms with Crippen LogP contribution in [0.5, 0.6) is 17.2 Å². The summed E-state index contributed by atoms with van der Waals surface area (Å²) in [7, 11) is 4.93. The average molecular weight is 446 g/mol. The predicted octanol–water partition coefficient (Wildman–Crippen LogP) is 3.73. The molecule has 2 heterocycles. The lowest BCUT2D eigenvalue weighted by molar-refractivity contribution is 0.355. The minimum atomic E-state index is 0.449. The molecule has 1 aromatic heterocycles. The molecule has 8 heteroatoms. The predicted molar refractivity (Wildman–Crippen MR) is 127 cm³/mol. The molecule has 0 N–H and O–H groups in total. The van der Waals surface area contributed by atoms with Gasteiger partial charge < -0.3 is 24.0 Å². The molecule has 0 unspecified atom stereocenters. The zero-order valence-electron chi connectivity index (χ0n) is 19.2. The molecule has 5 rings (SSSR count). The SMILES string of the molecule is COc1cc2nc(C3CC3)nc(N3CCN(c4ccc(C#N)cc4OC)CC3)c2cc1OC. The number of anilines is 2. The van der Waals surface area contributed by atoms with Gasteiger partial charge in [-0.05, 0) is 31.0 Å². The molecular weight excluding hydrogens is 418 g/mol. The number of nitrogens with zero attached hydrogens (tertiary/aromatic N) is 5. The van der Waals surface area contributed by atoms with Gasteiger partial charge in [0.2, 0.25) is 0 Å². The Morgan fingerprint density at radius 3 is 2.15 bits per heavy atom. The van der Waals surface area contributed by atoms with Crippen LogP contribution in [-0.4, -0.2) is 57.5 Å². The van der Waals surface area contributed by atoms with E-state index in [0.29, 0.717) is 23.0 Å². The van der Waals surface area contributed by atoms with Crippen molar-refractivity contribution in [2.45, 2.75) is 18.8 Å². The van der Waals surface area contributed by atoms with Crippen molar-refractivity contribution in [3.05, 3.63) is 41.7 Å². The molecule has 33 heavy (non-hydrogen) atoms. The van der Waals surface area contributed by atoms with E-state index in [0.717, 1.165) is 73.0 Å². The molecular formula is C25H27N5O3. The van der Waals surface area contributed by atoms with Crippen molar-refractivity contribution in [2.75, 3.05) is 57.3 Å². The topological polar surface area (TPSA) is 83.7 Å². The minimum absolute atomic E-state index is 0.449. The molecule has 170 valence electrons. The van der Waals surface area contributed by atoms with E-state index in [2.05, 4.69) is 15.9 Å². The van der Waals surface area contributed by atoms with E-state index < -0.39 is 0 Å². The van der Waals surface area contributed by atoms with Crippen LogP contribution >= 0.6 is 0 Å². The van der Waals surface area contributed by atoms with Crippen LogP contribution in [0.4, 0.5) is 11.5 Å². The Balaban J connectivity index is 1.46. The van der Waals surface area contributed by atoms with Gasteiger partial charge in [-0.3, -0.25) is 0 Å². The van der Waals surface area contributed by atoms with Gasteiger partial charge in [-0.1, -0.05) is 0 Å². The molecule has 1 aliphatic carbocycles. The standard InChI is InChI=1S/C25H27N5O3/c1-31-21-12-16(15-26)4-7-20(21)29-8-10-30(11-9-29)25-18-13-22(32-2)23(33-3)14-19(18)27-24(28-25)17-5-6-17/h4,7,12-14,17H,5-6,8-11H2,1-3H3. The summed E-state index contributed by atoms with van der Waals surface area (Å²) in [6.07, 6.45) is 2.29. The number of methoxy groups -OCH3 is 3. The van der Waals surface area contributed by atoms with E-state index in [-0.39, 0.29) is 0 Å². The fourth-order valence-corrected chi connectivity index (χ4v) is 4.39. The first kappa shape index (κ1) is 21.1. The third-order valence-corrected chi connectivity index (χ3v) is 6.37. The molecule has 1 saturated carbocycles. The van der Waals surface area contributed by atoms with Crippen LogP contribution in [0.25, 0.3) is 10.9 Å². The molecule has 2 fully saturated rings. The van der Waals surface area contributed by atoms with Gasteiger partial charge in [0.1, 0.15) is 17.4 Å². The van der Waals surface area contributed by atoms with Crippen LogP contribution in [0.1, 0.15) is 30.1 Å². The van der Waals surface area contributed by atoms with Gasteiger partial charge in [-0.15, -0.1) is 0 Å². The lowest BCUT2D eigenvalue weighted by atomic mass is 10.1. The Hall–Kier alpha value is -3.73. The molecule has 0 spiro atoms. The normalized spacial score (nSPS) is 15.9. The summed E-state index contributed by atoms with van der Waals surface area (Å²) >= 11 is 0. The Morgan fingerprint density at radius 2 is 1.52 bits per heavy atom. The maximum atomic E-state index is 9.19. The maximum absolute atomic E-state index is 9.19. The van der Waals surface area contributed by atoms with Crippen LogP contribution in [0, 0.1) is 11.3 Å². The number of benzene rings is 2. The zero-order chi connectivity index (χ0) is 22.9. The van der Waals surface area contributed by atoms with Crippen LogP contribution in [0.2, 0.25) is 0 Å². The van der Waals surface area contributed by atoms with E-state index in [4.69, 9.17) is 24.2 Å². The number of fused-ring (bicyclic) bond motifs is 1. The highest BCUT2D eigenvalue weighted by molar-refractivity contribution is 5.92. The van der Waals surface area contributed by atoms with Gasteiger partial charge in [0, 0.05) is 49.6 Å². The van der Waals surface area contributed by atoms with Crippen molar-refractivity contribution in [3.63, 3.8) is 0 Å². The van der Waals surface area contributed by atoms with Crippen molar-refractivity contribution in [3.8, 4) is 23.3 Å². The van der Waals surface area contributed by atoms with E-state index in [1.807, 2.05) is 24.3 Å². The smallest absolute Gasteiger partial charge is 0.162 e. The van der Waals surface area contributed by atoms with Crippen molar-refractivity contribution in [1.82, 2.24) is 9.97 Å². The molecule has 8 nitrogen and oxygen atoms in total. The monoisotopic (exact) mass is 445 g/mol. The largest absolute Gasteiger partial charge is 0.495 e. The molecule has 0 bridgehead atoms. The summed E-state index contributed by atoms with van der Waals surface area (Å²) in [6.45, 7) is 3.26. The Labute approximate surface area is 193 Å². The highest BCUT2D eigenvalue weighted by atomic mass is 16.5. The van der Waals surface area contributed by atoms with Crippen molar-refractivity contribution in [2.24, 2.45) is 0 Å². The van der Waals surface area contributed by atoms with E-state index >= 15 is 0 Å². The number of ether oxygens (including phenoxy) is 3. The third kappa shape index (κ3) is 3.95. The number of nitriles is 1. The van der Waals surface area contributed by atoms with Crippen molar-refractivity contribution in [1.29, 1.82) is 5.26 Å². The summed E-state index contributed by atoms with van der Waals surface area (Å²) in [5, 5.41) is 10.2. The fraction of sp³-hybridized carbons (Fsp3) is 0.400. The Bertz CT molecular complexity index is 1230. The van der Waals surface area contributed by atoms with Gasteiger partial charge in [-0.25, -0.2) is 9.97 Å². The highest BCUT2D eigenvalue weighted by Gasteiger charge is 2.30. The second-order valence-corrected chi connectivity index (χ2v) is 8.38. The Kier molecular flexibility index (Phi) is 5.55. The van der Waals surface area contributed by atoms with E-state index in [1.54, 1.807) is 27.4 Å². The first-order valence-corrected chi connectivity index (χ1v) is 11.2.